The van der Waals surface area contributed by atoms with E-state index in [-0.39, 0.29) is 34.8 Å². The molecule has 23 heavy (non-hydrogen) atoms. The Bertz CT molecular complexity index is 588. The van der Waals surface area contributed by atoms with Crippen molar-refractivity contribution in [3.63, 3.8) is 0 Å². The molecule has 1 saturated heterocycles. The van der Waals surface area contributed by atoms with Crippen molar-refractivity contribution in [2.75, 3.05) is 20.8 Å². The first-order valence-electron chi connectivity index (χ1n) is 7.87. The second-order valence-corrected chi connectivity index (χ2v) is 6.48. The molecule has 2 aliphatic rings. The van der Waals surface area contributed by atoms with E-state index in [9.17, 15) is 9.90 Å². The lowest BCUT2D eigenvalue weighted by molar-refractivity contribution is 0.0514. The first-order chi connectivity index (χ1) is 11.0. The summed E-state index contributed by atoms with van der Waals surface area (Å²) in [6, 6.07) is 3.02. The minimum Gasteiger partial charge on any atom is -0.502 e. The van der Waals surface area contributed by atoms with Gasteiger partial charge in [0, 0.05) is 12.2 Å². The normalized spacial score (nSPS) is 26.8. The minimum absolute atomic E-state index is 0.0763. The molecule has 1 aliphatic carbocycles. The van der Waals surface area contributed by atoms with Crippen LogP contribution in [0.5, 0.6) is 17.2 Å². The van der Waals surface area contributed by atoms with Gasteiger partial charge in [-0.05, 0) is 44.2 Å². The van der Waals surface area contributed by atoms with Crippen LogP contribution in [-0.4, -0.2) is 43.5 Å². The zero-order valence-corrected chi connectivity index (χ0v) is 13.7. The quantitative estimate of drug-likeness (QED) is 0.868. The number of hydrogen-bond acceptors (Lipinski definition) is 5. The Labute approximate surface area is 135 Å². The molecule has 2 atom stereocenters. The third-order valence-corrected chi connectivity index (χ3v) is 4.74. The second-order valence-electron chi connectivity index (χ2n) is 6.48. The lowest BCUT2D eigenvalue weighted by atomic mass is 9.90. The monoisotopic (exact) mass is 321 g/mol. The van der Waals surface area contributed by atoms with Crippen molar-refractivity contribution in [3.8, 4) is 17.2 Å². The maximum atomic E-state index is 12.7. The number of aromatic hydroxyl groups is 1. The average molecular weight is 321 g/mol. The second kappa shape index (κ2) is 5.92. The van der Waals surface area contributed by atoms with Crippen LogP contribution in [0.2, 0.25) is 0 Å². The summed E-state index contributed by atoms with van der Waals surface area (Å²) in [4.78, 5) is 12.7. The van der Waals surface area contributed by atoms with Gasteiger partial charge in [0.1, 0.15) is 0 Å². The third-order valence-electron chi connectivity index (χ3n) is 4.74. The van der Waals surface area contributed by atoms with Gasteiger partial charge in [-0.3, -0.25) is 4.79 Å². The first-order valence-corrected chi connectivity index (χ1v) is 7.87. The van der Waals surface area contributed by atoms with Gasteiger partial charge in [-0.15, -0.1) is 0 Å². The van der Waals surface area contributed by atoms with E-state index >= 15 is 0 Å². The number of amides is 1. The van der Waals surface area contributed by atoms with Crippen LogP contribution in [-0.2, 0) is 4.74 Å². The Balaban J connectivity index is 1.83. The molecule has 3 rings (SSSR count). The fourth-order valence-electron chi connectivity index (χ4n) is 3.27. The molecule has 1 aromatic rings. The largest absolute Gasteiger partial charge is 0.502 e. The van der Waals surface area contributed by atoms with Gasteiger partial charge in [-0.1, -0.05) is 0 Å². The maximum absolute atomic E-state index is 12.7. The number of nitrogens with one attached hydrogen (secondary N) is 1. The highest BCUT2D eigenvalue weighted by atomic mass is 16.5. The molecule has 0 aromatic heterocycles. The number of hydrogen-bond donors (Lipinski definition) is 2. The molecule has 6 heteroatoms. The van der Waals surface area contributed by atoms with Crippen molar-refractivity contribution in [2.24, 2.45) is 5.92 Å². The molecule has 2 N–H and O–H groups in total. The Morgan fingerprint density at radius 1 is 1.30 bits per heavy atom. The lowest BCUT2D eigenvalue weighted by Gasteiger charge is -2.31. The first kappa shape index (κ1) is 15.9. The van der Waals surface area contributed by atoms with Crippen LogP contribution in [0.25, 0.3) is 0 Å². The van der Waals surface area contributed by atoms with Gasteiger partial charge < -0.3 is 24.6 Å². The average Bonchev–Trinajstić information content (AvgIpc) is 3.30. The van der Waals surface area contributed by atoms with Crippen molar-refractivity contribution in [1.29, 1.82) is 0 Å². The van der Waals surface area contributed by atoms with Crippen LogP contribution in [0.3, 0.4) is 0 Å². The predicted molar refractivity (Wildman–Crippen MR) is 84.2 cm³/mol. The van der Waals surface area contributed by atoms with E-state index in [0.717, 1.165) is 19.3 Å². The van der Waals surface area contributed by atoms with E-state index in [2.05, 4.69) is 5.32 Å². The van der Waals surface area contributed by atoms with Crippen LogP contribution in [0.15, 0.2) is 12.1 Å². The number of phenolic OH excluding ortho intramolecular Hbond substituents is 1. The van der Waals surface area contributed by atoms with Gasteiger partial charge >= 0.3 is 0 Å². The van der Waals surface area contributed by atoms with Crippen LogP contribution in [0.1, 0.15) is 36.5 Å². The molecular weight excluding hydrogens is 298 g/mol. The van der Waals surface area contributed by atoms with Crippen LogP contribution in [0.4, 0.5) is 0 Å². The molecule has 0 radical (unpaired) electrons. The fourth-order valence-corrected chi connectivity index (χ4v) is 3.27. The fraction of sp³-hybridized carbons (Fsp3) is 0.588. The van der Waals surface area contributed by atoms with Crippen LogP contribution < -0.4 is 14.8 Å². The molecule has 6 nitrogen and oxygen atoms in total. The molecule has 1 heterocycles. The van der Waals surface area contributed by atoms with Gasteiger partial charge in [-0.25, -0.2) is 0 Å². The van der Waals surface area contributed by atoms with Crippen molar-refractivity contribution in [1.82, 2.24) is 5.32 Å². The van der Waals surface area contributed by atoms with Gasteiger partial charge in [0.05, 0.1) is 25.9 Å². The summed E-state index contributed by atoms with van der Waals surface area (Å²) in [5, 5.41) is 13.1. The highest BCUT2D eigenvalue weighted by Gasteiger charge is 2.49. The highest BCUT2D eigenvalue weighted by Crippen LogP contribution is 2.43. The van der Waals surface area contributed by atoms with E-state index in [4.69, 9.17) is 14.2 Å². The highest BCUT2D eigenvalue weighted by molar-refractivity contribution is 5.96. The molecule has 1 saturated carbocycles. The SMILES string of the molecule is COc1cc(C(=O)NC2(C)CCOC2C2CC2)cc(OC)c1O. The molecular formula is C17H23NO5. The number of phenols is 1. The van der Waals surface area contributed by atoms with Crippen LogP contribution >= 0.6 is 0 Å². The molecule has 1 aliphatic heterocycles. The molecule has 0 spiro atoms. The van der Waals surface area contributed by atoms with Crippen molar-refractivity contribution in [2.45, 2.75) is 37.8 Å². The van der Waals surface area contributed by atoms with Gasteiger partial charge in [0.25, 0.3) is 5.91 Å². The molecule has 2 unspecified atom stereocenters. The molecule has 0 bridgehead atoms. The van der Waals surface area contributed by atoms with Gasteiger partial charge in [-0.2, -0.15) is 0 Å². The van der Waals surface area contributed by atoms with E-state index in [1.807, 2.05) is 6.92 Å². The number of benzene rings is 1. The van der Waals surface area contributed by atoms with E-state index in [0.29, 0.717) is 18.1 Å². The zero-order chi connectivity index (χ0) is 16.6. The summed E-state index contributed by atoms with van der Waals surface area (Å²) in [5.41, 5.74) is 0.0236. The summed E-state index contributed by atoms with van der Waals surface area (Å²) in [6.07, 6.45) is 3.20. The Kier molecular flexibility index (Phi) is 4.10. The third kappa shape index (κ3) is 2.95. The summed E-state index contributed by atoms with van der Waals surface area (Å²) in [5.74, 6) is 0.631. The summed E-state index contributed by atoms with van der Waals surface area (Å²) < 4.78 is 16.1. The Morgan fingerprint density at radius 3 is 2.43 bits per heavy atom. The van der Waals surface area contributed by atoms with Crippen LogP contribution in [0, 0.1) is 5.92 Å². The molecule has 126 valence electrons. The summed E-state index contributed by atoms with van der Waals surface area (Å²) in [6.45, 7) is 2.70. The predicted octanol–water partition coefficient (Wildman–Crippen LogP) is 2.10. The number of rotatable bonds is 5. The number of ether oxygens (including phenoxy) is 3. The number of carbonyl (C=O) groups is 1. The molecule has 2 fully saturated rings. The van der Waals surface area contributed by atoms with Crippen molar-refractivity contribution < 1.29 is 24.1 Å². The number of carbonyl (C=O) groups excluding carboxylic acids is 1. The smallest absolute Gasteiger partial charge is 0.252 e. The topological polar surface area (TPSA) is 77.0 Å². The summed E-state index contributed by atoms with van der Waals surface area (Å²) in [7, 11) is 2.87. The van der Waals surface area contributed by atoms with Crippen molar-refractivity contribution >= 4 is 5.91 Å². The molecule has 1 amide bonds. The molecule has 1 aromatic carbocycles. The van der Waals surface area contributed by atoms with Crippen molar-refractivity contribution in [3.05, 3.63) is 17.7 Å². The number of methoxy groups -OCH3 is 2. The Hall–Kier alpha value is -1.95. The van der Waals surface area contributed by atoms with E-state index < -0.39 is 0 Å². The maximum Gasteiger partial charge on any atom is 0.252 e. The van der Waals surface area contributed by atoms with E-state index in [1.165, 1.54) is 26.4 Å². The Morgan fingerprint density at radius 2 is 1.91 bits per heavy atom. The zero-order valence-electron chi connectivity index (χ0n) is 13.7. The standard InChI is InChI=1S/C17H23NO5/c1-17(6-7-23-15(17)10-4-5-10)18-16(20)11-8-12(21-2)14(19)13(9-11)22-3/h8-10,15,19H,4-7H2,1-3H3,(H,18,20). The lowest BCUT2D eigenvalue weighted by Crippen LogP contribution is -2.52. The van der Waals surface area contributed by atoms with Gasteiger partial charge in [0.15, 0.2) is 11.5 Å². The van der Waals surface area contributed by atoms with E-state index in [1.54, 1.807) is 0 Å². The minimum atomic E-state index is -0.364. The van der Waals surface area contributed by atoms with Gasteiger partial charge in [0.2, 0.25) is 5.75 Å². The summed E-state index contributed by atoms with van der Waals surface area (Å²) >= 11 is 0.